The molecular weight excluding hydrogens is 199 g/mol. The number of carboxylic acids is 1. The average molecular weight is 212 g/mol. The van der Waals surface area contributed by atoms with Gasteiger partial charge >= 0.3 is 5.97 Å². The van der Waals surface area contributed by atoms with Gasteiger partial charge in [0.15, 0.2) is 0 Å². The summed E-state index contributed by atoms with van der Waals surface area (Å²) in [5.41, 5.74) is 1.17. The van der Waals surface area contributed by atoms with Gasteiger partial charge in [-0.2, -0.15) is 0 Å². The average Bonchev–Trinajstić information content (AvgIpc) is 2.16. The number of aliphatic hydroxyl groups is 1. The van der Waals surface area contributed by atoms with Crippen LogP contribution in [0.4, 0.5) is 4.39 Å². The molecule has 0 aliphatic rings. The van der Waals surface area contributed by atoms with Crippen molar-refractivity contribution in [3.05, 3.63) is 34.6 Å². The summed E-state index contributed by atoms with van der Waals surface area (Å²) in [6.45, 7) is 1.76. The number of carbonyl (C=O) groups is 1. The van der Waals surface area contributed by atoms with E-state index in [0.29, 0.717) is 18.4 Å². The topological polar surface area (TPSA) is 57.5 Å². The van der Waals surface area contributed by atoms with Gasteiger partial charge in [-0.1, -0.05) is 0 Å². The summed E-state index contributed by atoms with van der Waals surface area (Å²) < 4.78 is 13.2. The van der Waals surface area contributed by atoms with Crippen LogP contribution in [0.15, 0.2) is 12.1 Å². The van der Waals surface area contributed by atoms with E-state index in [9.17, 15) is 9.18 Å². The summed E-state index contributed by atoms with van der Waals surface area (Å²) in [6, 6.07) is 2.55. The van der Waals surface area contributed by atoms with Crippen molar-refractivity contribution < 1.29 is 19.4 Å². The number of carboxylic acid groups (broad SMARTS) is 1. The first kappa shape index (κ1) is 11.7. The van der Waals surface area contributed by atoms with Crippen LogP contribution in [0.1, 0.15) is 27.9 Å². The number of hydrogen-bond donors (Lipinski definition) is 2. The molecule has 0 aliphatic carbocycles. The van der Waals surface area contributed by atoms with Gasteiger partial charge in [-0.05, 0) is 43.0 Å². The van der Waals surface area contributed by atoms with Crippen LogP contribution >= 0.6 is 0 Å². The van der Waals surface area contributed by atoms with Gasteiger partial charge in [0.2, 0.25) is 0 Å². The van der Waals surface area contributed by atoms with E-state index in [2.05, 4.69) is 0 Å². The zero-order valence-electron chi connectivity index (χ0n) is 8.46. The minimum absolute atomic E-state index is 0.0409. The molecule has 1 aromatic carbocycles. The van der Waals surface area contributed by atoms with Gasteiger partial charge in [0.05, 0.1) is 5.56 Å². The molecule has 0 aliphatic heterocycles. The Morgan fingerprint density at radius 1 is 1.47 bits per heavy atom. The molecule has 0 bridgehead atoms. The first-order chi connectivity index (χ1) is 7.06. The van der Waals surface area contributed by atoms with Crippen molar-refractivity contribution in [2.45, 2.75) is 19.8 Å². The van der Waals surface area contributed by atoms with Crippen molar-refractivity contribution in [1.29, 1.82) is 0 Å². The maximum absolute atomic E-state index is 13.2. The van der Waals surface area contributed by atoms with Gasteiger partial charge in [0.25, 0.3) is 0 Å². The Hall–Kier alpha value is -1.42. The SMILES string of the molecule is Cc1cc(F)c(C(=O)O)cc1CCCO. The summed E-state index contributed by atoms with van der Waals surface area (Å²) >= 11 is 0. The molecule has 0 atom stereocenters. The Balaban J connectivity index is 3.06. The molecule has 15 heavy (non-hydrogen) atoms. The highest BCUT2D eigenvalue weighted by molar-refractivity contribution is 5.88. The van der Waals surface area contributed by atoms with E-state index >= 15 is 0 Å². The molecule has 2 N–H and O–H groups in total. The Bertz CT molecular complexity index is 374. The molecule has 0 aromatic heterocycles. The standard InChI is InChI=1S/C11H13FO3/c1-7-5-10(12)9(11(14)15)6-8(7)3-2-4-13/h5-6,13H,2-4H2,1H3,(H,14,15). The summed E-state index contributed by atoms with van der Waals surface area (Å²) in [4.78, 5) is 10.7. The smallest absolute Gasteiger partial charge is 0.338 e. The van der Waals surface area contributed by atoms with Gasteiger partial charge in [-0.15, -0.1) is 0 Å². The molecule has 0 spiro atoms. The largest absolute Gasteiger partial charge is 0.478 e. The van der Waals surface area contributed by atoms with Crippen molar-refractivity contribution in [2.75, 3.05) is 6.61 Å². The maximum atomic E-state index is 13.2. The van der Waals surface area contributed by atoms with Gasteiger partial charge in [0, 0.05) is 6.61 Å². The quantitative estimate of drug-likeness (QED) is 0.799. The molecule has 0 heterocycles. The molecule has 3 nitrogen and oxygen atoms in total. The Labute approximate surface area is 87.2 Å². The van der Waals surface area contributed by atoms with Crippen molar-refractivity contribution in [1.82, 2.24) is 0 Å². The van der Waals surface area contributed by atoms with Gasteiger partial charge in [-0.3, -0.25) is 0 Å². The molecule has 1 rings (SSSR count). The van der Waals surface area contributed by atoms with E-state index in [-0.39, 0.29) is 12.2 Å². The van der Waals surface area contributed by atoms with Crippen LogP contribution < -0.4 is 0 Å². The molecule has 0 amide bonds. The van der Waals surface area contributed by atoms with Crippen molar-refractivity contribution >= 4 is 5.97 Å². The van der Waals surface area contributed by atoms with Crippen LogP contribution in [0.2, 0.25) is 0 Å². The zero-order valence-corrected chi connectivity index (χ0v) is 8.46. The zero-order chi connectivity index (χ0) is 11.4. The number of halogens is 1. The van der Waals surface area contributed by atoms with E-state index < -0.39 is 11.8 Å². The van der Waals surface area contributed by atoms with E-state index in [1.807, 2.05) is 0 Å². The maximum Gasteiger partial charge on any atom is 0.338 e. The molecule has 0 radical (unpaired) electrons. The van der Waals surface area contributed by atoms with E-state index in [1.165, 1.54) is 12.1 Å². The second kappa shape index (κ2) is 4.89. The summed E-state index contributed by atoms with van der Waals surface area (Å²) in [5, 5.41) is 17.4. The third-order valence-corrected chi connectivity index (χ3v) is 2.26. The first-order valence-electron chi connectivity index (χ1n) is 4.69. The fraction of sp³-hybridized carbons (Fsp3) is 0.364. The van der Waals surface area contributed by atoms with Crippen LogP contribution in [0.3, 0.4) is 0 Å². The lowest BCUT2D eigenvalue weighted by Crippen LogP contribution is -2.04. The number of rotatable bonds is 4. The Morgan fingerprint density at radius 2 is 2.13 bits per heavy atom. The van der Waals surface area contributed by atoms with Crippen LogP contribution in [-0.4, -0.2) is 22.8 Å². The van der Waals surface area contributed by atoms with Gasteiger partial charge in [0.1, 0.15) is 5.82 Å². The van der Waals surface area contributed by atoms with Crippen molar-refractivity contribution in [3.63, 3.8) is 0 Å². The lowest BCUT2D eigenvalue weighted by Gasteiger charge is -2.07. The molecular formula is C11H13FO3. The van der Waals surface area contributed by atoms with E-state index in [4.69, 9.17) is 10.2 Å². The lowest BCUT2D eigenvalue weighted by atomic mass is 10.0. The second-order valence-electron chi connectivity index (χ2n) is 3.39. The highest BCUT2D eigenvalue weighted by Crippen LogP contribution is 2.17. The number of aromatic carboxylic acids is 1. The second-order valence-corrected chi connectivity index (χ2v) is 3.39. The fourth-order valence-corrected chi connectivity index (χ4v) is 1.42. The predicted octanol–water partition coefficient (Wildman–Crippen LogP) is 1.76. The number of benzene rings is 1. The molecule has 0 saturated heterocycles. The molecule has 0 fully saturated rings. The van der Waals surface area contributed by atoms with Gasteiger partial charge in [-0.25, -0.2) is 9.18 Å². The predicted molar refractivity (Wildman–Crippen MR) is 53.5 cm³/mol. The normalized spacial score (nSPS) is 10.3. The number of aryl methyl sites for hydroxylation is 2. The molecule has 1 aromatic rings. The minimum atomic E-state index is -1.27. The third-order valence-electron chi connectivity index (χ3n) is 2.26. The summed E-state index contributed by atoms with van der Waals surface area (Å²) in [5.74, 6) is -1.98. The number of aliphatic hydroxyl groups excluding tert-OH is 1. The van der Waals surface area contributed by atoms with Crippen LogP contribution in [-0.2, 0) is 6.42 Å². The minimum Gasteiger partial charge on any atom is -0.478 e. The Morgan fingerprint density at radius 3 is 2.67 bits per heavy atom. The van der Waals surface area contributed by atoms with Crippen LogP contribution in [0.5, 0.6) is 0 Å². The van der Waals surface area contributed by atoms with E-state index in [0.717, 1.165) is 5.56 Å². The molecule has 4 heteroatoms. The monoisotopic (exact) mass is 212 g/mol. The summed E-state index contributed by atoms with van der Waals surface area (Å²) in [7, 11) is 0. The van der Waals surface area contributed by atoms with Crippen LogP contribution in [0, 0.1) is 12.7 Å². The fourth-order valence-electron chi connectivity index (χ4n) is 1.42. The Kier molecular flexibility index (Phi) is 3.80. The molecule has 0 saturated carbocycles. The molecule has 82 valence electrons. The van der Waals surface area contributed by atoms with Crippen molar-refractivity contribution in [3.8, 4) is 0 Å². The van der Waals surface area contributed by atoms with Crippen LogP contribution in [0.25, 0.3) is 0 Å². The van der Waals surface area contributed by atoms with Gasteiger partial charge < -0.3 is 10.2 Å². The number of hydrogen-bond acceptors (Lipinski definition) is 2. The molecule has 0 unspecified atom stereocenters. The van der Waals surface area contributed by atoms with Crippen molar-refractivity contribution in [2.24, 2.45) is 0 Å². The van der Waals surface area contributed by atoms with E-state index in [1.54, 1.807) is 6.92 Å². The third kappa shape index (κ3) is 2.76. The highest BCUT2D eigenvalue weighted by Gasteiger charge is 2.12. The lowest BCUT2D eigenvalue weighted by molar-refractivity contribution is 0.0691. The highest BCUT2D eigenvalue weighted by atomic mass is 19.1. The summed E-state index contributed by atoms with van der Waals surface area (Å²) in [6.07, 6.45) is 1.11. The first-order valence-corrected chi connectivity index (χ1v) is 4.69.